The standard InChI is InChI=1S/C26H20FN3O.C21H17BrN2O.C8H4N2.C7H7O.C6H4Br.C5H5BFNO2.CH4.HI.2Li/c1-31-20-13-11-18(12-14-20)26(23-10-3-2-8-22(23)25(28)30-26)19-7-4-6-17(16-19)21-9-5-15-29-24(21)27;1-25-17-11-9-14(10-12-17)21(15-5-4-6-16(22)13-15)19-8-3-2-7-18(19)20(23)24-21;9-5-7-3-1-2-4-8(7)6-10;1-8-7-5-3-2-4-6-7;7-6-4-2-1-3-5-6;7-5-4(6(9)10)2-1-3-8-5;;;;/h2-16H,1H3,(H2,28,30);2-13H,1H3,(H2,23,24);1-4H;3-6H,1H3;1-2,4-5H;1-3,9-10H;1H4;1H;;/q;;;2*-1;;;;2*+1. The molecule has 0 aliphatic carbocycles. The van der Waals surface area contributed by atoms with Crippen LogP contribution in [-0.4, -0.2) is 60.1 Å². The molecule has 0 saturated carbocycles. The number of rotatable bonds is 9. The molecule has 2 aliphatic heterocycles. The van der Waals surface area contributed by atoms with E-state index in [4.69, 9.17) is 56.2 Å². The SMILES string of the molecule is Brc1c[c-]ccc1.C.COc1cc[c-]cc1.COc1ccc(C2(c3cccc(-c4cccnc4F)c3)N=C(N)c3ccccc32)cc1.COc1ccc(C2(c3cccc(Br)c3)N=C(N)c3ccccc32)cc1.I.N#Cc1ccccc1C#N.OB(O)c1cccnc1F.[Li+].[Li+]. The third-order valence-electron chi connectivity index (χ3n) is 14.2. The van der Waals surface area contributed by atoms with Gasteiger partial charge in [0, 0.05) is 44.8 Å². The van der Waals surface area contributed by atoms with Gasteiger partial charge in [-0.3, -0.25) is 0 Å². The molecule has 2 unspecified atom stereocenters. The summed E-state index contributed by atoms with van der Waals surface area (Å²) in [5, 5.41) is 33.9. The summed E-state index contributed by atoms with van der Waals surface area (Å²) in [6.07, 6.45) is 2.68. The summed E-state index contributed by atoms with van der Waals surface area (Å²) in [4.78, 5) is 17.0. The number of nitriles is 2. The third-order valence-corrected chi connectivity index (χ3v) is 15.2. The van der Waals surface area contributed by atoms with Gasteiger partial charge in [0.25, 0.3) is 0 Å². The molecule has 0 saturated heterocycles. The van der Waals surface area contributed by atoms with Crippen LogP contribution in [0.5, 0.6) is 17.2 Å². The van der Waals surface area contributed by atoms with Crippen molar-refractivity contribution in [1.82, 2.24) is 9.97 Å². The van der Waals surface area contributed by atoms with Crippen LogP contribution in [0.4, 0.5) is 8.78 Å². The molecule has 2 aliphatic rings. The number of fused-ring (bicyclic) bond motifs is 2. The summed E-state index contributed by atoms with van der Waals surface area (Å²) in [5.74, 6) is 2.13. The van der Waals surface area contributed by atoms with Gasteiger partial charge in [-0.05, 0) is 112 Å². The molecule has 11 aromatic rings. The van der Waals surface area contributed by atoms with E-state index >= 15 is 0 Å². The maximum Gasteiger partial charge on any atom is 1.00 e. The average molecular weight is 1490 g/mol. The van der Waals surface area contributed by atoms with E-state index < -0.39 is 30.1 Å². The van der Waals surface area contributed by atoms with E-state index in [0.717, 1.165) is 76.3 Å². The van der Waals surface area contributed by atoms with Gasteiger partial charge in [-0.15, -0.1) is 52.0 Å². The second kappa shape index (κ2) is 38.6. The number of amidine groups is 2. The first kappa shape index (κ1) is 78.8. The number of methoxy groups -OCH3 is 3. The molecule has 95 heavy (non-hydrogen) atoms. The molecule has 2 atom stereocenters. The van der Waals surface area contributed by atoms with Gasteiger partial charge in [0.1, 0.15) is 46.4 Å². The zero-order valence-electron chi connectivity index (χ0n) is 51.7. The van der Waals surface area contributed by atoms with Crippen LogP contribution in [-0.2, 0) is 11.1 Å². The Kier molecular flexibility index (Phi) is 32.0. The van der Waals surface area contributed by atoms with Crippen molar-refractivity contribution in [3.63, 3.8) is 0 Å². The molecule has 0 spiro atoms. The van der Waals surface area contributed by atoms with Gasteiger partial charge < -0.3 is 35.7 Å². The minimum Gasteiger partial charge on any atom is -0.522 e. The largest absolute Gasteiger partial charge is 1.00 e. The monoisotopic (exact) mass is 1490 g/mol. The zero-order valence-corrected chi connectivity index (χ0v) is 57.2. The van der Waals surface area contributed by atoms with Crippen LogP contribution in [0.3, 0.4) is 0 Å². The number of pyridine rings is 2. The summed E-state index contributed by atoms with van der Waals surface area (Å²) in [5.41, 5.74) is 21.0. The molecule has 13 nitrogen and oxygen atoms in total. The summed E-state index contributed by atoms with van der Waals surface area (Å²) >= 11 is 6.86. The Bertz CT molecular complexity index is 4360. The van der Waals surface area contributed by atoms with E-state index in [2.05, 4.69) is 84.3 Å². The first-order valence-corrected chi connectivity index (χ1v) is 29.4. The smallest absolute Gasteiger partial charge is 0.522 e. The van der Waals surface area contributed by atoms with Gasteiger partial charge in [0.2, 0.25) is 11.9 Å². The quantitative estimate of drug-likeness (QED) is 0.0464. The van der Waals surface area contributed by atoms with Gasteiger partial charge >= 0.3 is 44.8 Å². The maximum absolute atomic E-state index is 14.4. The second-order valence-corrected chi connectivity index (χ2v) is 21.4. The Hall–Kier alpha value is -8.67. The Morgan fingerprint density at radius 3 is 1.34 bits per heavy atom. The van der Waals surface area contributed by atoms with E-state index in [1.807, 2.05) is 176 Å². The van der Waals surface area contributed by atoms with Crippen molar-refractivity contribution in [2.45, 2.75) is 18.5 Å². The van der Waals surface area contributed by atoms with E-state index in [0.29, 0.717) is 28.4 Å². The predicted molar refractivity (Wildman–Crippen MR) is 381 cm³/mol. The number of benzene rings is 9. The van der Waals surface area contributed by atoms with Crippen LogP contribution >= 0.6 is 55.8 Å². The van der Waals surface area contributed by atoms with Crippen LogP contribution in [0, 0.1) is 46.7 Å². The minimum absolute atomic E-state index is 0. The second-order valence-electron chi connectivity index (χ2n) is 19.6. The molecule has 4 heterocycles. The zero-order chi connectivity index (χ0) is 64.8. The molecular weight excluding hydrogens is 1430 g/mol. The molecular formula is C74H62BBr2F2ILi2N8O5. The van der Waals surface area contributed by atoms with Crippen molar-refractivity contribution < 1.29 is 70.8 Å². The molecule has 9 aromatic carbocycles. The number of hydrogen-bond donors (Lipinski definition) is 4. The van der Waals surface area contributed by atoms with E-state index in [1.54, 1.807) is 57.7 Å². The number of halogens is 5. The van der Waals surface area contributed by atoms with Gasteiger partial charge in [-0.2, -0.15) is 67.8 Å². The van der Waals surface area contributed by atoms with Crippen molar-refractivity contribution in [2.24, 2.45) is 21.5 Å². The van der Waals surface area contributed by atoms with Crippen LogP contribution < -0.4 is 68.9 Å². The van der Waals surface area contributed by atoms with Crippen LogP contribution in [0.2, 0.25) is 0 Å². The van der Waals surface area contributed by atoms with Crippen molar-refractivity contribution in [3.05, 3.63) is 344 Å². The maximum atomic E-state index is 14.4. The van der Waals surface area contributed by atoms with Crippen molar-refractivity contribution in [1.29, 1.82) is 10.5 Å². The molecule has 0 amide bonds. The third kappa shape index (κ3) is 19.5. The molecule has 0 bridgehead atoms. The number of aliphatic imine (C=N–C) groups is 2. The molecule has 0 radical (unpaired) electrons. The first-order valence-electron chi connectivity index (χ1n) is 27.9. The number of nitrogens with two attached hydrogens (primary N) is 2. The Balaban J connectivity index is 0.000000265. The Labute approximate surface area is 611 Å². The summed E-state index contributed by atoms with van der Waals surface area (Å²) in [6, 6.07) is 85.4. The van der Waals surface area contributed by atoms with Crippen LogP contribution in [0.15, 0.2) is 274 Å². The van der Waals surface area contributed by atoms with E-state index in [9.17, 15) is 8.78 Å². The van der Waals surface area contributed by atoms with Gasteiger partial charge in [0.15, 0.2) is 0 Å². The van der Waals surface area contributed by atoms with E-state index in [1.165, 1.54) is 24.5 Å². The van der Waals surface area contributed by atoms with E-state index in [-0.39, 0.29) is 74.6 Å². The summed E-state index contributed by atoms with van der Waals surface area (Å²) in [6.45, 7) is 0. The molecule has 2 aromatic heterocycles. The Morgan fingerprint density at radius 2 is 0.926 bits per heavy atom. The molecule has 21 heteroatoms. The fraction of sp³-hybridized carbons (Fsp3) is 0.0811. The number of aromatic nitrogens is 2. The number of nitrogens with zero attached hydrogens (tertiary/aromatic N) is 6. The average Bonchev–Trinajstić information content (AvgIpc) is 1.61. The Morgan fingerprint density at radius 1 is 0.484 bits per heavy atom. The summed E-state index contributed by atoms with van der Waals surface area (Å²) in [7, 11) is 3.17. The fourth-order valence-corrected chi connectivity index (χ4v) is 10.6. The number of hydrogen-bond acceptors (Lipinski definition) is 13. The number of ether oxygens (including phenoxy) is 3. The van der Waals surface area contributed by atoms with Crippen LogP contribution in [0.1, 0.15) is 63.1 Å². The van der Waals surface area contributed by atoms with Gasteiger partial charge in [0.05, 0.1) is 32.5 Å². The minimum atomic E-state index is -1.78. The summed E-state index contributed by atoms with van der Waals surface area (Å²) < 4.78 is 44.5. The van der Waals surface area contributed by atoms with Crippen molar-refractivity contribution in [3.8, 4) is 40.5 Å². The topological polar surface area (TPSA) is 218 Å². The van der Waals surface area contributed by atoms with Gasteiger partial charge in [-0.25, -0.2) is 20.0 Å². The normalized spacial score (nSPS) is 13.7. The fourth-order valence-electron chi connectivity index (χ4n) is 9.90. The predicted octanol–water partition coefficient (Wildman–Crippen LogP) is 8.71. The molecule has 6 N–H and O–H groups in total. The van der Waals surface area contributed by atoms with Crippen LogP contribution in [0.25, 0.3) is 11.1 Å². The first-order chi connectivity index (χ1) is 44.2. The van der Waals surface area contributed by atoms with Crippen molar-refractivity contribution in [2.75, 3.05) is 21.3 Å². The molecule has 468 valence electrons. The van der Waals surface area contributed by atoms with Gasteiger partial charge in [-0.1, -0.05) is 149 Å². The molecule has 13 rings (SSSR count). The molecule has 0 fully saturated rings. The van der Waals surface area contributed by atoms with Crippen molar-refractivity contribution >= 4 is 80.1 Å².